The number of carbonyl (C=O) groups is 1. The summed E-state index contributed by atoms with van der Waals surface area (Å²) >= 11 is 0. The van der Waals surface area contributed by atoms with Crippen LogP contribution in [0.15, 0.2) is 78.9 Å². The van der Waals surface area contributed by atoms with E-state index in [9.17, 15) is 4.79 Å². The normalized spacial score (nSPS) is 10.2. The summed E-state index contributed by atoms with van der Waals surface area (Å²) in [5.41, 5.74) is 2.36. The van der Waals surface area contributed by atoms with Gasteiger partial charge in [0.2, 0.25) is 0 Å². The fourth-order valence-electron chi connectivity index (χ4n) is 2.42. The second kappa shape index (κ2) is 7.47. The summed E-state index contributed by atoms with van der Waals surface area (Å²) in [4.78, 5) is 12.3. The number of para-hydroxylation sites is 1. The van der Waals surface area contributed by atoms with Gasteiger partial charge in [0.15, 0.2) is 0 Å². The van der Waals surface area contributed by atoms with Crippen LogP contribution >= 0.6 is 0 Å². The third kappa shape index (κ3) is 3.63. The van der Waals surface area contributed by atoms with Crippen LogP contribution in [0, 0.1) is 0 Å². The molecule has 0 aliphatic rings. The number of ether oxygens (including phenoxy) is 2. The molecule has 0 aromatic heterocycles. The van der Waals surface area contributed by atoms with Gasteiger partial charge in [0.1, 0.15) is 11.5 Å². The van der Waals surface area contributed by atoms with Gasteiger partial charge in [-0.2, -0.15) is 0 Å². The van der Waals surface area contributed by atoms with Crippen LogP contribution in [0.2, 0.25) is 0 Å². The molecule has 0 atom stereocenters. The number of esters is 1. The van der Waals surface area contributed by atoms with Crippen LogP contribution in [0.25, 0.3) is 11.1 Å². The fraction of sp³-hybridized carbons (Fsp3) is 0.0952. The summed E-state index contributed by atoms with van der Waals surface area (Å²) < 4.78 is 11.1. The zero-order valence-corrected chi connectivity index (χ0v) is 13.4. The first-order valence-corrected chi connectivity index (χ1v) is 7.87. The first-order valence-electron chi connectivity index (χ1n) is 7.87. The van der Waals surface area contributed by atoms with E-state index < -0.39 is 0 Å². The van der Waals surface area contributed by atoms with Gasteiger partial charge in [-0.1, -0.05) is 48.5 Å². The van der Waals surface area contributed by atoms with Crippen LogP contribution in [0.1, 0.15) is 17.3 Å². The molecule has 0 N–H and O–H groups in total. The average molecular weight is 318 g/mol. The molecule has 120 valence electrons. The molecule has 3 aromatic carbocycles. The molecule has 0 heterocycles. The van der Waals surface area contributed by atoms with Crippen molar-refractivity contribution in [3.05, 3.63) is 84.4 Å². The zero-order chi connectivity index (χ0) is 16.8. The van der Waals surface area contributed by atoms with Crippen molar-refractivity contribution < 1.29 is 14.3 Å². The van der Waals surface area contributed by atoms with E-state index in [-0.39, 0.29) is 5.97 Å². The van der Waals surface area contributed by atoms with Crippen LogP contribution in [0.4, 0.5) is 0 Å². The third-order valence-electron chi connectivity index (χ3n) is 3.58. The third-order valence-corrected chi connectivity index (χ3v) is 3.58. The van der Waals surface area contributed by atoms with E-state index in [1.165, 1.54) is 0 Å². The molecule has 0 aliphatic heterocycles. The lowest BCUT2D eigenvalue weighted by molar-refractivity contribution is 0.0735. The van der Waals surface area contributed by atoms with Crippen LogP contribution < -0.4 is 9.47 Å². The molecule has 0 radical (unpaired) electrons. The highest BCUT2D eigenvalue weighted by Gasteiger charge is 2.12. The maximum atomic E-state index is 12.3. The largest absolute Gasteiger partial charge is 0.494 e. The SMILES string of the molecule is CCOc1ccc(-c2ccccc2OC(=O)c2ccccc2)cc1. The van der Waals surface area contributed by atoms with Crippen molar-refractivity contribution in [1.29, 1.82) is 0 Å². The molecule has 0 fully saturated rings. The van der Waals surface area contributed by atoms with Gasteiger partial charge in [0.05, 0.1) is 12.2 Å². The quantitative estimate of drug-likeness (QED) is 0.492. The van der Waals surface area contributed by atoms with E-state index >= 15 is 0 Å². The van der Waals surface area contributed by atoms with Crippen LogP contribution in [-0.4, -0.2) is 12.6 Å². The fourth-order valence-corrected chi connectivity index (χ4v) is 2.42. The number of hydrogen-bond acceptors (Lipinski definition) is 3. The van der Waals surface area contributed by atoms with Gasteiger partial charge < -0.3 is 9.47 Å². The Balaban J connectivity index is 1.86. The second-order valence-corrected chi connectivity index (χ2v) is 5.21. The Kier molecular flexibility index (Phi) is 4.92. The Labute approximate surface area is 141 Å². The van der Waals surface area contributed by atoms with Gasteiger partial charge in [0, 0.05) is 5.56 Å². The molecular weight excluding hydrogens is 300 g/mol. The Morgan fingerprint density at radius 3 is 2.21 bits per heavy atom. The van der Waals surface area contributed by atoms with Crippen molar-refractivity contribution in [2.75, 3.05) is 6.61 Å². The molecule has 0 aliphatic carbocycles. The number of carbonyl (C=O) groups excluding carboxylic acids is 1. The number of benzene rings is 3. The molecule has 3 heteroatoms. The van der Waals surface area contributed by atoms with Crippen molar-refractivity contribution in [1.82, 2.24) is 0 Å². The monoisotopic (exact) mass is 318 g/mol. The first kappa shape index (κ1) is 15.8. The van der Waals surface area contributed by atoms with E-state index in [0.29, 0.717) is 17.9 Å². The minimum absolute atomic E-state index is 0.367. The molecule has 24 heavy (non-hydrogen) atoms. The van der Waals surface area contributed by atoms with E-state index in [1.54, 1.807) is 18.2 Å². The highest BCUT2D eigenvalue weighted by molar-refractivity contribution is 5.92. The summed E-state index contributed by atoms with van der Waals surface area (Å²) in [6, 6.07) is 24.2. The molecule has 0 spiro atoms. The smallest absolute Gasteiger partial charge is 0.343 e. The Hall–Kier alpha value is -3.07. The summed E-state index contributed by atoms with van der Waals surface area (Å²) in [6.45, 7) is 2.58. The van der Waals surface area contributed by atoms with Crippen LogP contribution in [0.3, 0.4) is 0 Å². The van der Waals surface area contributed by atoms with Crippen LogP contribution in [-0.2, 0) is 0 Å². The first-order chi connectivity index (χ1) is 11.8. The molecule has 0 amide bonds. The van der Waals surface area contributed by atoms with Gasteiger partial charge in [-0.3, -0.25) is 0 Å². The molecular formula is C21H18O3. The minimum atomic E-state index is -0.367. The average Bonchev–Trinajstić information content (AvgIpc) is 2.64. The van der Waals surface area contributed by atoms with Gasteiger partial charge >= 0.3 is 5.97 Å². The van der Waals surface area contributed by atoms with Crippen molar-refractivity contribution in [3.8, 4) is 22.6 Å². The maximum absolute atomic E-state index is 12.3. The minimum Gasteiger partial charge on any atom is -0.494 e. The number of rotatable bonds is 5. The Bertz CT molecular complexity index is 808. The van der Waals surface area contributed by atoms with Crippen molar-refractivity contribution >= 4 is 5.97 Å². The lowest BCUT2D eigenvalue weighted by atomic mass is 10.0. The van der Waals surface area contributed by atoms with Gasteiger partial charge in [-0.15, -0.1) is 0 Å². The Morgan fingerprint density at radius 2 is 1.50 bits per heavy atom. The maximum Gasteiger partial charge on any atom is 0.343 e. The van der Waals surface area contributed by atoms with E-state index in [0.717, 1.165) is 16.9 Å². The standard InChI is InChI=1S/C21H18O3/c1-2-23-18-14-12-16(13-15-18)19-10-6-7-11-20(19)24-21(22)17-8-4-3-5-9-17/h3-15H,2H2,1H3. The predicted octanol–water partition coefficient (Wildman–Crippen LogP) is 4.97. The summed E-state index contributed by atoms with van der Waals surface area (Å²) in [7, 11) is 0. The van der Waals surface area contributed by atoms with E-state index in [1.807, 2.05) is 67.6 Å². The summed E-state index contributed by atoms with van der Waals surface area (Å²) in [6.07, 6.45) is 0. The van der Waals surface area contributed by atoms with E-state index in [2.05, 4.69) is 0 Å². The lowest BCUT2D eigenvalue weighted by Crippen LogP contribution is -2.08. The zero-order valence-electron chi connectivity index (χ0n) is 13.4. The van der Waals surface area contributed by atoms with Gasteiger partial charge in [-0.05, 0) is 42.8 Å². The number of hydrogen-bond donors (Lipinski definition) is 0. The second-order valence-electron chi connectivity index (χ2n) is 5.21. The van der Waals surface area contributed by atoms with Crippen molar-refractivity contribution in [3.63, 3.8) is 0 Å². The van der Waals surface area contributed by atoms with Gasteiger partial charge in [-0.25, -0.2) is 4.79 Å². The molecule has 3 rings (SSSR count). The highest BCUT2D eigenvalue weighted by Crippen LogP contribution is 2.31. The topological polar surface area (TPSA) is 35.5 Å². The molecule has 3 aromatic rings. The van der Waals surface area contributed by atoms with Crippen LogP contribution in [0.5, 0.6) is 11.5 Å². The predicted molar refractivity (Wildman–Crippen MR) is 94.4 cm³/mol. The molecule has 0 unspecified atom stereocenters. The highest BCUT2D eigenvalue weighted by atomic mass is 16.5. The van der Waals surface area contributed by atoms with Crippen molar-refractivity contribution in [2.45, 2.75) is 6.92 Å². The molecule has 3 nitrogen and oxygen atoms in total. The molecule has 0 saturated heterocycles. The lowest BCUT2D eigenvalue weighted by Gasteiger charge is -2.11. The van der Waals surface area contributed by atoms with Crippen molar-refractivity contribution in [2.24, 2.45) is 0 Å². The summed E-state index contributed by atoms with van der Waals surface area (Å²) in [5, 5.41) is 0. The van der Waals surface area contributed by atoms with E-state index in [4.69, 9.17) is 9.47 Å². The van der Waals surface area contributed by atoms with Gasteiger partial charge in [0.25, 0.3) is 0 Å². The molecule has 0 bridgehead atoms. The molecule has 0 saturated carbocycles. The Morgan fingerprint density at radius 1 is 0.833 bits per heavy atom. The summed E-state index contributed by atoms with van der Waals surface area (Å²) in [5.74, 6) is 0.990.